The molecule has 0 radical (unpaired) electrons. The van der Waals surface area contributed by atoms with E-state index in [1.807, 2.05) is 30.8 Å². The molecular weight excluding hydrogens is 310 g/mol. The van der Waals surface area contributed by atoms with Crippen LogP contribution >= 0.6 is 11.8 Å². The summed E-state index contributed by atoms with van der Waals surface area (Å²) in [5.41, 5.74) is 3.30. The van der Waals surface area contributed by atoms with E-state index in [4.69, 9.17) is 4.74 Å². The number of nitrogens with zero attached hydrogens (tertiary/aromatic N) is 1. The second-order valence-electron chi connectivity index (χ2n) is 5.53. The zero-order valence-corrected chi connectivity index (χ0v) is 14.9. The highest BCUT2D eigenvalue weighted by Crippen LogP contribution is 2.26. The molecule has 0 atom stereocenters. The highest BCUT2D eigenvalue weighted by molar-refractivity contribution is 7.99. The molecule has 23 heavy (non-hydrogen) atoms. The molecule has 5 nitrogen and oxygen atoms in total. The summed E-state index contributed by atoms with van der Waals surface area (Å²) in [7, 11) is 0. The molecule has 2 amide bonds. The molecule has 1 saturated heterocycles. The van der Waals surface area contributed by atoms with Crippen molar-refractivity contribution in [1.29, 1.82) is 0 Å². The van der Waals surface area contributed by atoms with Crippen LogP contribution in [0, 0.1) is 6.92 Å². The lowest BCUT2D eigenvalue weighted by Gasteiger charge is -2.30. The average Bonchev–Trinajstić information content (AvgIpc) is 2.55. The monoisotopic (exact) mass is 337 g/mol. The predicted octanol–water partition coefficient (Wildman–Crippen LogP) is 3.10. The molecule has 2 N–H and O–H groups in total. The van der Waals surface area contributed by atoms with Gasteiger partial charge in [0.1, 0.15) is 0 Å². The molecule has 1 aromatic carbocycles. The third-order valence-electron chi connectivity index (χ3n) is 3.76. The molecule has 128 valence electrons. The normalized spacial score (nSPS) is 14.6. The first-order chi connectivity index (χ1) is 11.2. The van der Waals surface area contributed by atoms with Crippen LogP contribution in [0.15, 0.2) is 18.2 Å². The first kappa shape index (κ1) is 17.9. The van der Waals surface area contributed by atoms with Gasteiger partial charge in [-0.3, -0.25) is 0 Å². The van der Waals surface area contributed by atoms with Gasteiger partial charge in [0, 0.05) is 55.7 Å². The van der Waals surface area contributed by atoms with E-state index in [2.05, 4.69) is 28.5 Å². The highest BCUT2D eigenvalue weighted by atomic mass is 32.2. The van der Waals surface area contributed by atoms with Crippen LogP contribution in [-0.4, -0.2) is 50.4 Å². The lowest BCUT2D eigenvalue weighted by molar-refractivity contribution is 0.145. The second kappa shape index (κ2) is 9.67. The summed E-state index contributed by atoms with van der Waals surface area (Å²) in [5.74, 6) is 2.37. The summed E-state index contributed by atoms with van der Waals surface area (Å²) in [6.45, 7) is 8.27. The summed E-state index contributed by atoms with van der Waals surface area (Å²) in [6, 6.07) is 5.96. The molecule has 1 heterocycles. The van der Waals surface area contributed by atoms with E-state index in [0.29, 0.717) is 19.8 Å². The number of anilines is 2. The molecule has 1 aromatic rings. The molecule has 1 aliphatic heterocycles. The fraction of sp³-hybridized carbons (Fsp3) is 0.588. The number of carbonyl (C=O) groups is 1. The zero-order valence-electron chi connectivity index (χ0n) is 14.1. The van der Waals surface area contributed by atoms with Gasteiger partial charge >= 0.3 is 6.03 Å². The van der Waals surface area contributed by atoms with Gasteiger partial charge in [-0.05, 0) is 44.0 Å². The Bertz CT molecular complexity index is 505. The van der Waals surface area contributed by atoms with Gasteiger partial charge in [0.25, 0.3) is 0 Å². The molecule has 2 rings (SSSR count). The van der Waals surface area contributed by atoms with Crippen LogP contribution in [0.2, 0.25) is 0 Å². The van der Waals surface area contributed by atoms with Crippen LogP contribution < -0.4 is 15.5 Å². The molecule has 0 unspecified atom stereocenters. The number of nitrogens with one attached hydrogen (secondary N) is 2. The largest absolute Gasteiger partial charge is 0.382 e. The third-order valence-corrected chi connectivity index (χ3v) is 4.70. The summed E-state index contributed by atoms with van der Waals surface area (Å²) < 4.78 is 5.24. The van der Waals surface area contributed by atoms with Gasteiger partial charge in [-0.2, -0.15) is 11.8 Å². The Morgan fingerprint density at radius 3 is 2.83 bits per heavy atom. The number of thioether (sulfide) groups is 1. The Morgan fingerprint density at radius 1 is 1.35 bits per heavy atom. The molecule has 0 aliphatic carbocycles. The number of hydrogen-bond donors (Lipinski definition) is 2. The first-order valence-corrected chi connectivity index (χ1v) is 9.42. The van der Waals surface area contributed by atoms with Crippen molar-refractivity contribution >= 4 is 29.2 Å². The molecule has 0 spiro atoms. The van der Waals surface area contributed by atoms with Crippen molar-refractivity contribution < 1.29 is 9.53 Å². The number of benzene rings is 1. The van der Waals surface area contributed by atoms with Gasteiger partial charge in [0.2, 0.25) is 0 Å². The fourth-order valence-electron chi connectivity index (χ4n) is 2.59. The molecule has 1 fully saturated rings. The Labute approximate surface area is 143 Å². The smallest absolute Gasteiger partial charge is 0.319 e. The van der Waals surface area contributed by atoms with Crippen LogP contribution in [0.1, 0.15) is 18.9 Å². The quantitative estimate of drug-likeness (QED) is 0.751. The number of carbonyl (C=O) groups excluding carboxylic acids is 1. The molecular formula is C17H27N3O2S. The minimum atomic E-state index is -0.164. The van der Waals surface area contributed by atoms with E-state index in [-0.39, 0.29) is 6.03 Å². The van der Waals surface area contributed by atoms with Crippen molar-refractivity contribution in [3.05, 3.63) is 23.8 Å². The summed E-state index contributed by atoms with van der Waals surface area (Å²) >= 11 is 2.01. The molecule has 0 aromatic heterocycles. The number of urea groups is 1. The minimum absolute atomic E-state index is 0.164. The second-order valence-corrected chi connectivity index (χ2v) is 6.76. The van der Waals surface area contributed by atoms with Crippen LogP contribution in [-0.2, 0) is 4.74 Å². The van der Waals surface area contributed by atoms with E-state index < -0.39 is 0 Å². The number of amides is 2. The van der Waals surface area contributed by atoms with E-state index >= 15 is 0 Å². The van der Waals surface area contributed by atoms with E-state index in [0.717, 1.165) is 25.2 Å². The Hall–Kier alpha value is -1.40. The lowest BCUT2D eigenvalue weighted by Crippen LogP contribution is -2.33. The van der Waals surface area contributed by atoms with Gasteiger partial charge < -0.3 is 20.3 Å². The van der Waals surface area contributed by atoms with Crippen molar-refractivity contribution in [1.82, 2.24) is 5.32 Å². The van der Waals surface area contributed by atoms with Crippen LogP contribution in [0.25, 0.3) is 0 Å². The van der Waals surface area contributed by atoms with Gasteiger partial charge in [-0.25, -0.2) is 4.79 Å². The van der Waals surface area contributed by atoms with Crippen LogP contribution in [0.4, 0.5) is 16.2 Å². The summed E-state index contributed by atoms with van der Waals surface area (Å²) in [5, 5.41) is 5.73. The highest BCUT2D eigenvalue weighted by Gasteiger charge is 2.13. The van der Waals surface area contributed by atoms with Crippen LogP contribution in [0.3, 0.4) is 0 Å². The van der Waals surface area contributed by atoms with Gasteiger partial charge in [0.15, 0.2) is 0 Å². The standard InChI is InChI=1S/C17H27N3O2S/c1-3-22-10-4-7-18-17(21)19-15-5-6-16(14(2)13-15)20-8-11-23-12-9-20/h5-6,13H,3-4,7-12H2,1-2H3,(H2,18,19,21). The molecule has 0 saturated carbocycles. The Balaban J connectivity index is 1.81. The maximum atomic E-state index is 11.9. The van der Waals surface area contributed by atoms with Gasteiger partial charge in [-0.15, -0.1) is 0 Å². The van der Waals surface area contributed by atoms with Crippen molar-refractivity contribution in [2.24, 2.45) is 0 Å². The van der Waals surface area contributed by atoms with Gasteiger partial charge in [-0.1, -0.05) is 0 Å². The van der Waals surface area contributed by atoms with Crippen molar-refractivity contribution in [2.45, 2.75) is 20.3 Å². The maximum absolute atomic E-state index is 11.9. The summed E-state index contributed by atoms with van der Waals surface area (Å²) in [6.07, 6.45) is 0.826. The fourth-order valence-corrected chi connectivity index (χ4v) is 3.49. The van der Waals surface area contributed by atoms with E-state index in [9.17, 15) is 4.79 Å². The maximum Gasteiger partial charge on any atom is 0.319 e. The molecule has 6 heteroatoms. The molecule has 0 bridgehead atoms. The SMILES string of the molecule is CCOCCCNC(=O)Nc1ccc(N2CCSCC2)c(C)c1. The molecule has 1 aliphatic rings. The number of hydrogen-bond acceptors (Lipinski definition) is 4. The Morgan fingerprint density at radius 2 is 2.13 bits per heavy atom. The number of aryl methyl sites for hydroxylation is 1. The predicted molar refractivity (Wildman–Crippen MR) is 98.8 cm³/mol. The van der Waals surface area contributed by atoms with Crippen molar-refractivity contribution in [2.75, 3.05) is 54.6 Å². The first-order valence-electron chi connectivity index (χ1n) is 8.26. The topological polar surface area (TPSA) is 53.6 Å². The summed E-state index contributed by atoms with van der Waals surface area (Å²) in [4.78, 5) is 14.3. The van der Waals surface area contributed by atoms with E-state index in [1.165, 1.54) is 22.8 Å². The number of ether oxygens (including phenoxy) is 1. The zero-order chi connectivity index (χ0) is 16.5. The Kier molecular flexibility index (Phi) is 7.55. The number of rotatable bonds is 7. The van der Waals surface area contributed by atoms with Crippen molar-refractivity contribution in [3.8, 4) is 0 Å². The lowest BCUT2D eigenvalue weighted by atomic mass is 10.1. The minimum Gasteiger partial charge on any atom is -0.382 e. The van der Waals surface area contributed by atoms with E-state index in [1.54, 1.807) is 0 Å². The van der Waals surface area contributed by atoms with Crippen molar-refractivity contribution in [3.63, 3.8) is 0 Å². The van der Waals surface area contributed by atoms with Crippen LogP contribution in [0.5, 0.6) is 0 Å². The average molecular weight is 337 g/mol. The van der Waals surface area contributed by atoms with Gasteiger partial charge in [0.05, 0.1) is 0 Å². The third kappa shape index (κ3) is 5.95.